The van der Waals surface area contributed by atoms with Crippen molar-refractivity contribution in [2.75, 3.05) is 0 Å². The van der Waals surface area contributed by atoms with Crippen LogP contribution in [-0.2, 0) is 32.1 Å². The van der Waals surface area contributed by atoms with Crippen molar-refractivity contribution in [3.63, 3.8) is 0 Å². The molecule has 4 rings (SSSR count). The summed E-state index contributed by atoms with van der Waals surface area (Å²) in [6.07, 6.45) is 0.121. The van der Waals surface area contributed by atoms with Crippen LogP contribution in [0.25, 0.3) is 0 Å². The Morgan fingerprint density at radius 1 is 1.06 bits per heavy atom. The lowest BCUT2D eigenvalue weighted by Gasteiger charge is -2.50. The number of nitrogens with two attached hydrogens (primary N) is 1. The van der Waals surface area contributed by atoms with Gasteiger partial charge in [0, 0.05) is 4.75 Å². The van der Waals surface area contributed by atoms with Crippen molar-refractivity contribution in [3.05, 3.63) is 71.8 Å². The van der Waals surface area contributed by atoms with E-state index in [1.165, 1.54) is 16.7 Å². The van der Waals surface area contributed by atoms with E-state index < -0.39 is 33.7 Å². The molecule has 2 aliphatic rings. The fraction of sp³-hybridized carbons (Fsp3) is 0.348. The van der Waals surface area contributed by atoms with E-state index in [1.54, 1.807) is 0 Å². The number of thioether (sulfide) groups is 1. The Kier molecular flexibility index (Phi) is 5.53. The van der Waals surface area contributed by atoms with Gasteiger partial charge in [0.2, 0.25) is 5.91 Å². The molecule has 2 heterocycles. The van der Waals surface area contributed by atoms with E-state index >= 15 is 0 Å². The number of fused-ring (bicyclic) bond motifs is 1. The summed E-state index contributed by atoms with van der Waals surface area (Å²) in [6, 6.07) is 17.8. The summed E-state index contributed by atoms with van der Waals surface area (Å²) in [5, 5.41) is 2.15. The van der Waals surface area contributed by atoms with Gasteiger partial charge in [0.25, 0.3) is 5.91 Å². The third kappa shape index (κ3) is 3.93. The standard InChI is InChI=1S/C23H25N3O4S/c1-22(2)18(19(28)30-14-16-11-7-4-8-12-16)26-20(29)23(24,21(26)31-22)25-17(27)13-15-9-5-3-6-10-15/h3-12,18,21H,13-14,24H2,1-2H3,(H,25,27)/t18-,21+,23+/m0/s1. The van der Waals surface area contributed by atoms with Crippen LogP contribution in [0.2, 0.25) is 0 Å². The van der Waals surface area contributed by atoms with Crippen LogP contribution in [0.5, 0.6) is 0 Å². The number of nitrogens with zero attached hydrogens (tertiary/aromatic N) is 1. The lowest BCUT2D eigenvalue weighted by Crippen LogP contribution is -2.84. The number of amides is 2. The Morgan fingerprint density at radius 2 is 1.65 bits per heavy atom. The number of benzene rings is 2. The number of carbonyl (C=O) groups excluding carboxylic acids is 3. The number of rotatable bonds is 6. The topological polar surface area (TPSA) is 102 Å². The molecule has 3 N–H and O–H groups in total. The van der Waals surface area contributed by atoms with Gasteiger partial charge in [-0.15, -0.1) is 11.8 Å². The van der Waals surface area contributed by atoms with Crippen LogP contribution in [0.3, 0.4) is 0 Å². The monoisotopic (exact) mass is 439 g/mol. The first kappa shape index (κ1) is 21.4. The first-order valence-corrected chi connectivity index (χ1v) is 11.0. The molecule has 0 bridgehead atoms. The van der Waals surface area contributed by atoms with Crippen LogP contribution >= 0.6 is 11.8 Å². The molecule has 0 aliphatic carbocycles. The highest BCUT2D eigenvalue weighted by Crippen LogP contribution is 2.53. The molecule has 8 heteroatoms. The number of esters is 1. The third-order valence-electron chi connectivity index (χ3n) is 5.58. The highest BCUT2D eigenvalue weighted by atomic mass is 32.2. The summed E-state index contributed by atoms with van der Waals surface area (Å²) in [4.78, 5) is 39.9. The van der Waals surface area contributed by atoms with Gasteiger partial charge in [-0.25, -0.2) is 4.79 Å². The number of hydrogen-bond donors (Lipinski definition) is 2. The molecule has 0 saturated carbocycles. The van der Waals surface area contributed by atoms with Crippen LogP contribution in [0.1, 0.15) is 25.0 Å². The van der Waals surface area contributed by atoms with Crippen molar-refractivity contribution in [1.29, 1.82) is 0 Å². The van der Waals surface area contributed by atoms with E-state index in [0.29, 0.717) is 0 Å². The molecule has 2 fully saturated rings. The fourth-order valence-corrected chi connectivity index (χ4v) is 5.64. The zero-order chi connectivity index (χ0) is 22.2. The summed E-state index contributed by atoms with van der Waals surface area (Å²) in [5.74, 6) is -1.29. The highest BCUT2D eigenvalue weighted by Gasteiger charge is 2.71. The van der Waals surface area contributed by atoms with Crippen molar-refractivity contribution >= 4 is 29.5 Å². The first-order chi connectivity index (χ1) is 14.7. The maximum Gasteiger partial charge on any atom is 0.330 e. The summed E-state index contributed by atoms with van der Waals surface area (Å²) >= 11 is 1.40. The maximum absolute atomic E-state index is 13.0. The number of carbonyl (C=O) groups is 3. The summed E-state index contributed by atoms with van der Waals surface area (Å²) in [5.41, 5.74) is 6.49. The molecule has 0 spiro atoms. The van der Waals surface area contributed by atoms with Crippen molar-refractivity contribution in [3.8, 4) is 0 Å². The molecule has 31 heavy (non-hydrogen) atoms. The van der Waals surface area contributed by atoms with Crippen molar-refractivity contribution in [2.45, 2.75) is 48.7 Å². The van der Waals surface area contributed by atoms with Gasteiger partial charge in [-0.05, 0) is 25.0 Å². The van der Waals surface area contributed by atoms with Gasteiger partial charge in [-0.1, -0.05) is 60.7 Å². The minimum Gasteiger partial charge on any atom is -0.459 e. The normalized spacial score (nSPS) is 26.0. The zero-order valence-electron chi connectivity index (χ0n) is 17.4. The fourth-order valence-electron chi connectivity index (χ4n) is 4.04. The Balaban J connectivity index is 1.44. The molecule has 2 aliphatic heterocycles. The smallest absolute Gasteiger partial charge is 0.330 e. The van der Waals surface area contributed by atoms with Crippen LogP contribution < -0.4 is 11.1 Å². The maximum atomic E-state index is 13.0. The number of hydrogen-bond acceptors (Lipinski definition) is 6. The summed E-state index contributed by atoms with van der Waals surface area (Å²) in [7, 11) is 0. The van der Waals surface area contributed by atoms with E-state index in [2.05, 4.69) is 5.32 Å². The van der Waals surface area contributed by atoms with Gasteiger partial charge in [0.15, 0.2) is 5.66 Å². The Morgan fingerprint density at radius 3 is 2.26 bits per heavy atom. The highest BCUT2D eigenvalue weighted by molar-refractivity contribution is 8.01. The first-order valence-electron chi connectivity index (χ1n) is 10.1. The van der Waals surface area contributed by atoms with E-state index in [9.17, 15) is 14.4 Å². The number of ether oxygens (including phenoxy) is 1. The van der Waals surface area contributed by atoms with E-state index in [1.807, 2.05) is 74.5 Å². The second-order valence-electron chi connectivity index (χ2n) is 8.36. The largest absolute Gasteiger partial charge is 0.459 e. The lowest BCUT2D eigenvalue weighted by atomic mass is 9.92. The minimum absolute atomic E-state index is 0.121. The molecule has 2 saturated heterocycles. The molecule has 0 unspecified atom stereocenters. The van der Waals surface area contributed by atoms with E-state index in [0.717, 1.165) is 11.1 Å². The van der Waals surface area contributed by atoms with Crippen molar-refractivity contribution in [1.82, 2.24) is 10.2 Å². The molecule has 2 amide bonds. The SMILES string of the molecule is CC1(C)S[C@H]2N(C(=O)[C@@]2(N)NC(=O)Cc2ccccc2)[C@H]1C(=O)OCc1ccccc1. The predicted octanol–water partition coefficient (Wildman–Crippen LogP) is 1.81. The molecule has 0 radical (unpaired) electrons. The van der Waals surface area contributed by atoms with Gasteiger partial charge in [0.05, 0.1) is 6.42 Å². The molecule has 162 valence electrons. The average Bonchev–Trinajstić information content (AvgIpc) is 3.02. The number of nitrogens with one attached hydrogen (secondary N) is 1. The van der Waals surface area contributed by atoms with Crippen LogP contribution in [-0.4, -0.2) is 44.5 Å². The second kappa shape index (κ2) is 8.01. The Bertz CT molecular complexity index is 998. The Hall–Kier alpha value is -2.84. The molecular formula is C23H25N3O4S. The second-order valence-corrected chi connectivity index (χ2v) is 10.1. The molecule has 3 atom stereocenters. The van der Waals surface area contributed by atoms with Gasteiger partial charge in [-0.3, -0.25) is 15.3 Å². The van der Waals surface area contributed by atoms with Gasteiger partial charge >= 0.3 is 5.97 Å². The lowest BCUT2D eigenvalue weighted by molar-refractivity contribution is -0.171. The van der Waals surface area contributed by atoms with Gasteiger partial charge < -0.3 is 15.0 Å². The zero-order valence-corrected chi connectivity index (χ0v) is 18.2. The molecular weight excluding hydrogens is 414 g/mol. The van der Waals surface area contributed by atoms with Crippen molar-refractivity contribution in [2.24, 2.45) is 5.73 Å². The Labute approximate surface area is 185 Å². The van der Waals surface area contributed by atoms with Crippen molar-refractivity contribution < 1.29 is 19.1 Å². The van der Waals surface area contributed by atoms with E-state index in [4.69, 9.17) is 10.5 Å². The number of β-lactam (4-membered cyclic amide) rings is 1. The average molecular weight is 440 g/mol. The molecule has 2 aromatic carbocycles. The summed E-state index contributed by atoms with van der Waals surface area (Å²) < 4.78 is 4.89. The third-order valence-corrected chi connectivity index (χ3v) is 7.24. The van der Waals surface area contributed by atoms with Gasteiger partial charge in [0.1, 0.15) is 18.0 Å². The van der Waals surface area contributed by atoms with Crippen LogP contribution in [0, 0.1) is 0 Å². The van der Waals surface area contributed by atoms with Crippen LogP contribution in [0.4, 0.5) is 0 Å². The minimum atomic E-state index is -1.54. The molecule has 2 aromatic rings. The van der Waals surface area contributed by atoms with Gasteiger partial charge in [-0.2, -0.15) is 0 Å². The summed E-state index contributed by atoms with van der Waals surface area (Å²) in [6.45, 7) is 3.89. The van der Waals surface area contributed by atoms with E-state index in [-0.39, 0.29) is 18.9 Å². The molecule has 7 nitrogen and oxygen atoms in total. The van der Waals surface area contributed by atoms with Crippen LogP contribution in [0.15, 0.2) is 60.7 Å². The molecule has 0 aromatic heterocycles. The quantitative estimate of drug-likeness (QED) is 0.404. The predicted molar refractivity (Wildman–Crippen MR) is 118 cm³/mol.